The maximum atomic E-state index is 12.4. The van der Waals surface area contributed by atoms with Crippen LogP contribution in [0.5, 0.6) is 0 Å². The molecule has 0 fully saturated rings. The van der Waals surface area contributed by atoms with Gasteiger partial charge in [-0.1, -0.05) is 47.5 Å². The Morgan fingerprint density at radius 2 is 1.68 bits per heavy atom. The van der Waals surface area contributed by atoms with Gasteiger partial charge in [-0.05, 0) is 43.7 Å². The number of urea groups is 1. The van der Waals surface area contributed by atoms with Gasteiger partial charge in [0.05, 0.1) is 15.6 Å². The first kappa shape index (κ1) is 16.7. The van der Waals surface area contributed by atoms with Crippen LogP contribution in [0.15, 0.2) is 48.5 Å². The SMILES string of the molecule is CN(C(=O)NC(C)(C)c1ccc(Cl)c(Cl)c1)c1ccccc1. The molecular formula is C17H18Cl2N2O. The van der Waals surface area contributed by atoms with E-state index in [9.17, 15) is 4.79 Å². The van der Waals surface area contributed by atoms with Crippen molar-refractivity contribution in [3.63, 3.8) is 0 Å². The van der Waals surface area contributed by atoms with E-state index in [0.717, 1.165) is 11.3 Å². The van der Waals surface area contributed by atoms with Gasteiger partial charge in [-0.2, -0.15) is 0 Å². The number of para-hydroxylation sites is 1. The summed E-state index contributed by atoms with van der Waals surface area (Å²) in [7, 11) is 1.73. The highest BCUT2D eigenvalue weighted by Gasteiger charge is 2.25. The fraction of sp³-hybridized carbons (Fsp3) is 0.235. The van der Waals surface area contributed by atoms with Crippen LogP contribution in [0.1, 0.15) is 19.4 Å². The maximum Gasteiger partial charge on any atom is 0.322 e. The van der Waals surface area contributed by atoms with E-state index in [0.29, 0.717) is 10.0 Å². The average molecular weight is 337 g/mol. The third kappa shape index (κ3) is 3.73. The van der Waals surface area contributed by atoms with E-state index >= 15 is 0 Å². The molecule has 0 radical (unpaired) electrons. The smallest absolute Gasteiger partial charge is 0.322 e. The number of hydrogen-bond donors (Lipinski definition) is 1. The molecular weight excluding hydrogens is 319 g/mol. The lowest BCUT2D eigenvalue weighted by Crippen LogP contribution is -2.47. The Kier molecular flexibility index (Phi) is 4.99. The van der Waals surface area contributed by atoms with Crippen molar-refractivity contribution in [3.8, 4) is 0 Å². The van der Waals surface area contributed by atoms with Crippen molar-refractivity contribution in [3.05, 3.63) is 64.1 Å². The quantitative estimate of drug-likeness (QED) is 0.833. The summed E-state index contributed by atoms with van der Waals surface area (Å²) in [5.74, 6) is 0. The number of carbonyl (C=O) groups is 1. The van der Waals surface area contributed by atoms with Crippen LogP contribution in [0.25, 0.3) is 0 Å². The van der Waals surface area contributed by atoms with Crippen LogP contribution in [0.2, 0.25) is 10.0 Å². The summed E-state index contributed by atoms with van der Waals surface area (Å²) in [6.45, 7) is 3.84. The van der Waals surface area contributed by atoms with Gasteiger partial charge in [0.2, 0.25) is 0 Å². The molecule has 0 saturated heterocycles. The van der Waals surface area contributed by atoms with Gasteiger partial charge in [0.1, 0.15) is 0 Å². The number of halogens is 2. The fourth-order valence-corrected chi connectivity index (χ4v) is 2.38. The van der Waals surface area contributed by atoms with Crippen LogP contribution >= 0.6 is 23.2 Å². The molecule has 3 nitrogen and oxygen atoms in total. The van der Waals surface area contributed by atoms with Crippen LogP contribution in [-0.2, 0) is 5.54 Å². The number of hydrogen-bond acceptors (Lipinski definition) is 1. The molecule has 22 heavy (non-hydrogen) atoms. The Labute approximate surface area is 140 Å². The molecule has 2 rings (SSSR count). The Morgan fingerprint density at radius 3 is 2.27 bits per heavy atom. The van der Waals surface area contributed by atoms with Crippen molar-refractivity contribution in [2.75, 3.05) is 11.9 Å². The minimum Gasteiger partial charge on any atom is -0.329 e. The molecule has 0 bridgehead atoms. The van der Waals surface area contributed by atoms with Gasteiger partial charge in [0.25, 0.3) is 0 Å². The second-order valence-electron chi connectivity index (χ2n) is 5.58. The highest BCUT2D eigenvalue weighted by Crippen LogP contribution is 2.28. The van der Waals surface area contributed by atoms with Gasteiger partial charge in [-0.15, -0.1) is 0 Å². The minimum absolute atomic E-state index is 0.192. The van der Waals surface area contributed by atoms with Crippen LogP contribution < -0.4 is 10.2 Å². The number of nitrogens with zero attached hydrogens (tertiary/aromatic N) is 1. The summed E-state index contributed by atoms with van der Waals surface area (Å²) >= 11 is 12.0. The van der Waals surface area contributed by atoms with Crippen molar-refractivity contribution in [2.24, 2.45) is 0 Å². The zero-order valence-corrected chi connectivity index (χ0v) is 14.2. The van der Waals surface area contributed by atoms with E-state index in [4.69, 9.17) is 23.2 Å². The molecule has 0 aromatic heterocycles. The standard InChI is InChI=1S/C17H18Cl2N2O/c1-17(2,12-9-10-14(18)15(19)11-12)20-16(22)21(3)13-7-5-4-6-8-13/h4-11H,1-3H3,(H,20,22). The van der Waals surface area contributed by atoms with Gasteiger partial charge in [0, 0.05) is 12.7 Å². The van der Waals surface area contributed by atoms with Crippen LogP contribution in [0.4, 0.5) is 10.5 Å². The average Bonchev–Trinajstić information content (AvgIpc) is 2.49. The molecule has 0 aliphatic carbocycles. The Morgan fingerprint density at radius 1 is 1.05 bits per heavy atom. The lowest BCUT2D eigenvalue weighted by molar-refractivity contribution is 0.237. The van der Waals surface area contributed by atoms with Gasteiger partial charge in [-0.3, -0.25) is 4.90 Å². The first-order chi connectivity index (χ1) is 10.3. The molecule has 0 unspecified atom stereocenters. The number of amides is 2. The topological polar surface area (TPSA) is 32.3 Å². The Hall–Kier alpha value is -1.71. The number of anilines is 1. The molecule has 0 heterocycles. The monoisotopic (exact) mass is 336 g/mol. The maximum absolute atomic E-state index is 12.4. The van der Waals surface area contributed by atoms with Gasteiger partial charge in [-0.25, -0.2) is 4.79 Å². The van der Waals surface area contributed by atoms with Crippen molar-refractivity contribution in [1.82, 2.24) is 5.32 Å². The molecule has 0 spiro atoms. The summed E-state index contributed by atoms with van der Waals surface area (Å²) in [5, 5.41) is 3.97. The molecule has 2 aromatic rings. The zero-order chi connectivity index (χ0) is 16.3. The van der Waals surface area contributed by atoms with E-state index in [1.807, 2.05) is 50.2 Å². The first-order valence-corrected chi connectivity index (χ1v) is 7.63. The summed E-state index contributed by atoms with van der Waals surface area (Å²) in [5.41, 5.74) is 1.13. The number of rotatable bonds is 3. The molecule has 0 atom stereocenters. The summed E-state index contributed by atoms with van der Waals surface area (Å²) in [4.78, 5) is 14.0. The third-order valence-electron chi connectivity index (χ3n) is 3.51. The van der Waals surface area contributed by atoms with Gasteiger partial charge in [0.15, 0.2) is 0 Å². The second-order valence-corrected chi connectivity index (χ2v) is 6.39. The summed E-state index contributed by atoms with van der Waals surface area (Å²) < 4.78 is 0. The second kappa shape index (κ2) is 6.59. The summed E-state index contributed by atoms with van der Waals surface area (Å²) in [6, 6.07) is 14.6. The molecule has 0 aliphatic rings. The van der Waals surface area contributed by atoms with Crippen LogP contribution in [-0.4, -0.2) is 13.1 Å². The van der Waals surface area contributed by atoms with Crippen molar-refractivity contribution < 1.29 is 4.79 Å². The van der Waals surface area contributed by atoms with E-state index < -0.39 is 5.54 Å². The number of nitrogens with one attached hydrogen (secondary N) is 1. The molecule has 5 heteroatoms. The van der Waals surface area contributed by atoms with E-state index in [1.165, 1.54) is 0 Å². The fourth-order valence-electron chi connectivity index (χ4n) is 2.08. The van der Waals surface area contributed by atoms with Crippen LogP contribution in [0, 0.1) is 0 Å². The molecule has 1 N–H and O–H groups in total. The van der Waals surface area contributed by atoms with E-state index in [1.54, 1.807) is 24.1 Å². The Bertz CT molecular complexity index is 672. The van der Waals surface area contributed by atoms with Crippen molar-refractivity contribution in [1.29, 1.82) is 0 Å². The zero-order valence-electron chi connectivity index (χ0n) is 12.7. The minimum atomic E-state index is -0.575. The van der Waals surface area contributed by atoms with Crippen molar-refractivity contribution >= 4 is 34.9 Å². The number of benzene rings is 2. The molecule has 0 saturated carbocycles. The van der Waals surface area contributed by atoms with Gasteiger partial charge < -0.3 is 5.32 Å². The predicted octanol–water partition coefficient (Wildman–Crippen LogP) is 5.07. The summed E-state index contributed by atoms with van der Waals surface area (Å²) in [6.07, 6.45) is 0. The lowest BCUT2D eigenvalue weighted by Gasteiger charge is -2.30. The third-order valence-corrected chi connectivity index (χ3v) is 4.25. The Balaban J connectivity index is 2.17. The highest BCUT2D eigenvalue weighted by atomic mass is 35.5. The lowest BCUT2D eigenvalue weighted by atomic mass is 9.94. The molecule has 2 amide bonds. The highest BCUT2D eigenvalue weighted by molar-refractivity contribution is 6.42. The van der Waals surface area contributed by atoms with Gasteiger partial charge >= 0.3 is 6.03 Å². The molecule has 116 valence electrons. The van der Waals surface area contributed by atoms with Crippen LogP contribution in [0.3, 0.4) is 0 Å². The van der Waals surface area contributed by atoms with E-state index in [-0.39, 0.29) is 6.03 Å². The molecule has 0 aliphatic heterocycles. The molecule has 2 aromatic carbocycles. The number of carbonyl (C=O) groups excluding carboxylic acids is 1. The first-order valence-electron chi connectivity index (χ1n) is 6.88. The normalized spacial score (nSPS) is 11.1. The largest absolute Gasteiger partial charge is 0.329 e. The van der Waals surface area contributed by atoms with E-state index in [2.05, 4.69) is 5.32 Å². The predicted molar refractivity (Wildman–Crippen MR) is 92.9 cm³/mol. The van der Waals surface area contributed by atoms with Crippen molar-refractivity contribution in [2.45, 2.75) is 19.4 Å².